The van der Waals surface area contributed by atoms with Crippen LogP contribution in [0.25, 0.3) is 23.0 Å². The lowest BCUT2D eigenvalue weighted by Gasteiger charge is -2.05. The van der Waals surface area contributed by atoms with Gasteiger partial charge in [0.05, 0.1) is 17.7 Å². The molecule has 0 fully saturated rings. The molecule has 0 radical (unpaired) electrons. The number of allylic oxidation sites excluding steroid dienone is 1. The third kappa shape index (κ3) is 4.17. The number of rotatable bonds is 6. The molecule has 0 aliphatic heterocycles. The van der Waals surface area contributed by atoms with Gasteiger partial charge < -0.3 is 4.74 Å². The van der Waals surface area contributed by atoms with Crippen LogP contribution in [0.4, 0.5) is 0 Å². The molecule has 6 nitrogen and oxygen atoms in total. The van der Waals surface area contributed by atoms with Crippen LogP contribution in [0, 0.1) is 11.3 Å². The Morgan fingerprint density at radius 1 is 1.00 bits per heavy atom. The minimum Gasteiger partial charge on any atom is -0.497 e. The van der Waals surface area contributed by atoms with Crippen LogP contribution in [0.1, 0.15) is 5.56 Å². The van der Waals surface area contributed by atoms with E-state index >= 15 is 0 Å². The molecular weight excluding hydrogens is 422 g/mol. The quantitative estimate of drug-likeness (QED) is 0.398. The molecule has 0 aliphatic rings. The van der Waals surface area contributed by atoms with E-state index in [0.717, 1.165) is 11.3 Å². The van der Waals surface area contributed by atoms with Crippen molar-refractivity contribution in [3.63, 3.8) is 0 Å². The molecule has 4 rings (SSSR count). The van der Waals surface area contributed by atoms with Crippen LogP contribution in [0.5, 0.6) is 5.75 Å². The zero-order valence-corrected chi connectivity index (χ0v) is 18.0. The average molecular weight is 442 g/mol. The molecule has 0 aliphatic carbocycles. The first-order valence-electron chi connectivity index (χ1n) is 9.74. The largest absolute Gasteiger partial charge is 0.497 e. The number of hydrogen-bond acceptors (Lipinski definition) is 5. The summed E-state index contributed by atoms with van der Waals surface area (Å²) in [4.78, 5) is -0.299. The van der Waals surface area contributed by atoms with Gasteiger partial charge in [-0.25, -0.2) is 13.1 Å². The van der Waals surface area contributed by atoms with E-state index in [1.807, 2.05) is 60.7 Å². The summed E-state index contributed by atoms with van der Waals surface area (Å²) in [6, 6.07) is 26.5. The van der Waals surface area contributed by atoms with Crippen LogP contribution >= 0.6 is 0 Å². The molecule has 1 heterocycles. The standard InChI is InChI=1S/C25H19N3O3S/c1-31-22-12-8-9-19(15-22)25-20(18-28(27-25)21-10-4-2-5-11-21)16-24(17-26)32(29,30)23-13-6-3-7-14-23/h2-16,18H,1H3/b24-16-. The minimum atomic E-state index is -3.98. The molecule has 4 aromatic rings. The van der Waals surface area contributed by atoms with Gasteiger partial charge >= 0.3 is 0 Å². The van der Waals surface area contributed by atoms with E-state index in [-0.39, 0.29) is 9.80 Å². The number of sulfone groups is 1. The van der Waals surface area contributed by atoms with E-state index in [0.29, 0.717) is 17.0 Å². The summed E-state index contributed by atoms with van der Waals surface area (Å²) < 4.78 is 33.1. The van der Waals surface area contributed by atoms with Crippen molar-refractivity contribution in [3.8, 4) is 28.8 Å². The molecule has 158 valence electrons. The Hall–Kier alpha value is -4.15. The predicted octanol–water partition coefficient (Wildman–Crippen LogP) is 4.89. The van der Waals surface area contributed by atoms with Gasteiger partial charge in [-0.15, -0.1) is 0 Å². The topological polar surface area (TPSA) is 85.0 Å². The lowest BCUT2D eigenvalue weighted by Crippen LogP contribution is -2.03. The molecule has 0 unspecified atom stereocenters. The lowest BCUT2D eigenvalue weighted by molar-refractivity contribution is 0.415. The maximum atomic E-state index is 13.1. The molecule has 7 heteroatoms. The number of benzene rings is 3. The lowest BCUT2D eigenvalue weighted by atomic mass is 10.1. The van der Waals surface area contributed by atoms with Crippen molar-refractivity contribution in [1.29, 1.82) is 5.26 Å². The van der Waals surface area contributed by atoms with Crippen molar-refractivity contribution in [2.75, 3.05) is 7.11 Å². The fraction of sp³-hybridized carbons (Fsp3) is 0.0400. The molecule has 0 amide bonds. The van der Waals surface area contributed by atoms with E-state index in [2.05, 4.69) is 5.10 Å². The highest BCUT2D eigenvalue weighted by molar-refractivity contribution is 7.95. The number of nitrogens with zero attached hydrogens (tertiary/aromatic N) is 3. The Morgan fingerprint density at radius 3 is 2.34 bits per heavy atom. The second-order valence-electron chi connectivity index (χ2n) is 6.88. The van der Waals surface area contributed by atoms with Crippen LogP contribution in [0.2, 0.25) is 0 Å². The zero-order valence-electron chi connectivity index (χ0n) is 17.2. The van der Waals surface area contributed by atoms with Crippen LogP contribution in [0.3, 0.4) is 0 Å². The Balaban J connectivity index is 1.90. The van der Waals surface area contributed by atoms with E-state index in [1.165, 1.54) is 18.2 Å². The van der Waals surface area contributed by atoms with Crippen molar-refractivity contribution in [3.05, 3.63) is 102 Å². The summed E-state index contributed by atoms with van der Waals surface area (Å²) in [5.41, 5.74) is 2.57. The van der Waals surface area contributed by atoms with E-state index in [1.54, 1.807) is 36.2 Å². The highest BCUT2D eigenvalue weighted by Gasteiger charge is 2.22. The first-order valence-corrected chi connectivity index (χ1v) is 11.2. The summed E-state index contributed by atoms with van der Waals surface area (Å²) in [5.74, 6) is 0.643. The number of ether oxygens (including phenoxy) is 1. The normalized spacial score (nSPS) is 11.7. The van der Waals surface area contributed by atoms with Gasteiger partial charge in [-0.3, -0.25) is 0 Å². The average Bonchev–Trinajstić information content (AvgIpc) is 3.27. The molecule has 32 heavy (non-hydrogen) atoms. The number of para-hydroxylation sites is 1. The smallest absolute Gasteiger partial charge is 0.216 e. The SMILES string of the molecule is COc1cccc(-c2nn(-c3ccccc3)cc2/C=C(/C#N)S(=O)(=O)c2ccccc2)c1. The first-order chi connectivity index (χ1) is 15.5. The van der Waals surface area contributed by atoms with Gasteiger partial charge in [0.15, 0.2) is 0 Å². The number of aromatic nitrogens is 2. The highest BCUT2D eigenvalue weighted by atomic mass is 32.2. The van der Waals surface area contributed by atoms with Gasteiger partial charge in [0.1, 0.15) is 22.4 Å². The van der Waals surface area contributed by atoms with Gasteiger partial charge in [-0.2, -0.15) is 10.4 Å². The Labute approximate surface area is 186 Å². The van der Waals surface area contributed by atoms with Crippen molar-refractivity contribution in [1.82, 2.24) is 9.78 Å². The summed E-state index contributed by atoms with van der Waals surface area (Å²) in [6.45, 7) is 0. The minimum absolute atomic E-state index is 0.0613. The molecule has 0 saturated heterocycles. The Bertz CT molecular complexity index is 1420. The summed E-state index contributed by atoms with van der Waals surface area (Å²) in [5, 5.41) is 14.4. The predicted molar refractivity (Wildman–Crippen MR) is 123 cm³/mol. The van der Waals surface area contributed by atoms with Crippen LogP contribution in [-0.4, -0.2) is 25.3 Å². The maximum absolute atomic E-state index is 13.1. The van der Waals surface area contributed by atoms with Crippen molar-refractivity contribution in [2.45, 2.75) is 4.90 Å². The van der Waals surface area contributed by atoms with Crippen molar-refractivity contribution < 1.29 is 13.2 Å². The molecule has 1 aromatic heterocycles. The van der Waals surface area contributed by atoms with E-state index < -0.39 is 9.84 Å². The molecule has 3 aromatic carbocycles. The van der Waals surface area contributed by atoms with Gasteiger partial charge in [-0.1, -0.05) is 48.5 Å². The monoisotopic (exact) mass is 441 g/mol. The molecule has 0 bridgehead atoms. The highest BCUT2D eigenvalue weighted by Crippen LogP contribution is 2.30. The van der Waals surface area contributed by atoms with Crippen LogP contribution < -0.4 is 4.74 Å². The number of hydrogen-bond donors (Lipinski definition) is 0. The fourth-order valence-electron chi connectivity index (χ4n) is 3.24. The third-order valence-corrected chi connectivity index (χ3v) is 6.53. The van der Waals surface area contributed by atoms with Gasteiger partial charge in [0.25, 0.3) is 0 Å². The molecular formula is C25H19N3O3S. The van der Waals surface area contributed by atoms with Crippen molar-refractivity contribution >= 4 is 15.9 Å². The Morgan fingerprint density at radius 2 is 1.69 bits per heavy atom. The molecule has 0 N–H and O–H groups in total. The maximum Gasteiger partial charge on any atom is 0.216 e. The zero-order chi connectivity index (χ0) is 22.6. The molecule has 0 saturated carbocycles. The second kappa shape index (κ2) is 8.92. The molecule has 0 spiro atoms. The van der Waals surface area contributed by atoms with Gasteiger partial charge in [0.2, 0.25) is 9.84 Å². The second-order valence-corrected chi connectivity index (χ2v) is 8.80. The van der Waals surface area contributed by atoms with Crippen LogP contribution in [0.15, 0.2) is 101 Å². The van der Waals surface area contributed by atoms with Gasteiger partial charge in [0, 0.05) is 17.3 Å². The van der Waals surface area contributed by atoms with Crippen molar-refractivity contribution in [2.24, 2.45) is 0 Å². The summed E-state index contributed by atoms with van der Waals surface area (Å²) in [6.07, 6.45) is 3.07. The fourth-order valence-corrected chi connectivity index (χ4v) is 4.41. The van der Waals surface area contributed by atoms with Gasteiger partial charge in [-0.05, 0) is 42.5 Å². The third-order valence-electron chi connectivity index (χ3n) is 4.85. The number of methoxy groups -OCH3 is 1. The van der Waals surface area contributed by atoms with E-state index in [4.69, 9.17) is 4.74 Å². The summed E-state index contributed by atoms with van der Waals surface area (Å²) in [7, 11) is -2.41. The van der Waals surface area contributed by atoms with E-state index in [9.17, 15) is 13.7 Å². The van der Waals surface area contributed by atoms with Crippen LogP contribution in [-0.2, 0) is 9.84 Å². The first kappa shape index (κ1) is 21.1. The molecule has 0 atom stereocenters. The Kier molecular flexibility index (Phi) is 5.88. The summed E-state index contributed by atoms with van der Waals surface area (Å²) >= 11 is 0. The number of nitriles is 1.